The van der Waals surface area contributed by atoms with E-state index in [4.69, 9.17) is 28.2 Å². The maximum absolute atomic E-state index is 13.1. The molecule has 84 heavy (non-hydrogen) atoms. The SMILES string of the molecule is CC.CC.CCC.CCCCC.CNCC(=O)NC(C)C(=O)Nc1ccc(C(=O)NCCCC(C=O)NC(=O)c2ccc(CCc3cnc4nc(N)nc(N)c4n3)cc2O)c(/C(N)=N/NN)c1.CO.O=CCCCCCN1C(=O)CC(S)C1=O. The lowest BCUT2D eigenvalue weighted by Crippen LogP contribution is -2.44. The Balaban J connectivity index is 0. The van der Waals surface area contributed by atoms with Crippen molar-refractivity contribution in [3.05, 3.63) is 70.5 Å². The lowest BCUT2D eigenvalue weighted by Gasteiger charge is -2.16. The number of nitrogen functional groups attached to an aromatic ring is 2. The molecule has 16 N–H and O–H groups in total. The number of hydrazone groups is 1. The van der Waals surface area contributed by atoms with E-state index in [2.05, 4.69) is 97.5 Å². The maximum atomic E-state index is 13.1. The van der Waals surface area contributed by atoms with Crippen LogP contribution in [0, 0.1) is 0 Å². The average Bonchev–Trinajstić information content (AvgIpc) is 3.77. The number of nitrogens with one attached hydrogen (secondary N) is 6. The Hall–Kier alpha value is -7.88. The number of likely N-dealkylation sites (tertiary alicyclic amines) is 1. The van der Waals surface area contributed by atoms with Crippen molar-refractivity contribution in [3.8, 4) is 5.75 Å². The highest BCUT2D eigenvalue weighted by molar-refractivity contribution is 7.81. The van der Waals surface area contributed by atoms with E-state index in [9.17, 15) is 43.5 Å². The van der Waals surface area contributed by atoms with Gasteiger partial charge in [0.25, 0.3) is 11.8 Å². The van der Waals surface area contributed by atoms with E-state index >= 15 is 0 Å². The molecule has 468 valence electrons. The number of aldehydes is 2. The molecule has 0 saturated carbocycles. The van der Waals surface area contributed by atoms with Crippen molar-refractivity contribution in [2.45, 2.75) is 163 Å². The Labute approximate surface area is 500 Å². The maximum Gasteiger partial charge on any atom is 0.255 e. The molecule has 2 aromatic heterocycles. The normalized spacial score (nSPS) is 12.8. The van der Waals surface area contributed by atoms with E-state index in [0.717, 1.165) is 38.2 Å². The molecule has 1 aliphatic rings. The standard InChI is InChI=1S/C34H43N15O6.C10H15NO3S.C5H12.C3H8.2C2H6.CH4O/c1-17(42-26(52)15-39-2)31(53)44-19-8-10-22(24(13-19)28(35)48-49-38)32(54)40-11-3-4-21(16-50)45-33(55)23-9-6-18(12-25(23)51)5-7-20-14-41-30-27(43-20)29(36)46-34(37)47-30;12-6-4-2-1-3-5-11-9(13)7-8(15)10(11)14;1-3-5-4-2;1-3-2;3*1-2/h6,8-10,12-14,16-17,21,39,49,51H,3-5,7,11,15,38H2,1-2H3,(H2,35,48)(H,40,54)(H,42,52)(H,44,53)(H,45,55)(H4,36,37,41,46,47);6,8,15H,1-5,7H2;3-5H2,1-2H3;3H2,1-2H3;2*1-2H3;2H,1H3. The predicted molar refractivity (Wildman–Crippen MR) is 334 cm³/mol. The van der Waals surface area contributed by atoms with E-state index in [-0.39, 0.29) is 101 Å². The third-order valence-corrected chi connectivity index (χ3v) is 11.6. The number of unbranched alkanes of at least 4 members (excludes halogenated alkanes) is 5. The number of nitrogens with two attached hydrogens (primary N) is 4. The number of phenolic OH excluding ortho intramolecular Hbond substituents is 1. The number of fused-ring (bicyclic) bond motifs is 1. The van der Waals surface area contributed by atoms with E-state index in [1.807, 2.05) is 27.7 Å². The minimum Gasteiger partial charge on any atom is -0.507 e. The summed E-state index contributed by atoms with van der Waals surface area (Å²) in [6, 6.07) is 7.14. The number of imide groups is 1. The zero-order valence-corrected chi connectivity index (χ0v) is 51.7. The van der Waals surface area contributed by atoms with Gasteiger partial charge in [0.05, 0.1) is 40.9 Å². The molecule has 3 atom stereocenters. The van der Waals surface area contributed by atoms with Crippen molar-refractivity contribution in [1.29, 1.82) is 0 Å². The van der Waals surface area contributed by atoms with Crippen LogP contribution >= 0.6 is 12.6 Å². The van der Waals surface area contributed by atoms with Crippen molar-refractivity contribution in [3.63, 3.8) is 0 Å². The van der Waals surface area contributed by atoms with Gasteiger partial charge < -0.3 is 63.6 Å². The Bertz CT molecular complexity index is 2660. The topological polar surface area (TPSA) is 420 Å². The summed E-state index contributed by atoms with van der Waals surface area (Å²) in [5.41, 5.74) is 22.0. The molecule has 2 aromatic carbocycles. The van der Waals surface area contributed by atoms with Crippen LogP contribution in [0.4, 0.5) is 17.5 Å². The van der Waals surface area contributed by atoms with Gasteiger partial charge in [-0.3, -0.25) is 33.7 Å². The molecular formula is C57H94N16O10S. The number of aliphatic hydroxyl groups excluding tert-OH is 1. The Morgan fingerprint density at radius 3 is 2.07 bits per heavy atom. The molecule has 3 heterocycles. The number of aromatic nitrogens is 4. The summed E-state index contributed by atoms with van der Waals surface area (Å²) in [6.45, 7) is 18.8. The molecule has 5 rings (SSSR count). The largest absolute Gasteiger partial charge is 0.507 e. The smallest absolute Gasteiger partial charge is 0.255 e. The summed E-state index contributed by atoms with van der Waals surface area (Å²) in [7, 11) is 2.60. The van der Waals surface area contributed by atoms with Gasteiger partial charge in [-0.15, -0.1) is 5.10 Å². The number of hydrazine groups is 1. The fraction of sp³-hybridized carbons (Fsp3) is 0.526. The number of aromatic hydroxyl groups is 1. The number of benzene rings is 2. The summed E-state index contributed by atoms with van der Waals surface area (Å²) < 4.78 is 0. The van der Waals surface area contributed by atoms with Crippen LogP contribution in [0.25, 0.3) is 11.2 Å². The predicted octanol–water partition coefficient (Wildman–Crippen LogP) is 4.41. The van der Waals surface area contributed by atoms with Crippen LogP contribution in [0.5, 0.6) is 5.75 Å². The first kappa shape index (κ1) is 78.2. The zero-order valence-electron chi connectivity index (χ0n) is 50.8. The van der Waals surface area contributed by atoms with Crippen LogP contribution in [-0.4, -0.2) is 140 Å². The summed E-state index contributed by atoms with van der Waals surface area (Å²) >= 11 is 4.03. The number of aryl methyl sites for hydroxylation is 2. The molecule has 0 aliphatic carbocycles. The molecule has 6 amide bonds. The van der Waals surface area contributed by atoms with Gasteiger partial charge in [0.2, 0.25) is 29.6 Å². The quantitative estimate of drug-likeness (QED) is 0.00605. The molecule has 0 radical (unpaired) electrons. The van der Waals surface area contributed by atoms with Crippen molar-refractivity contribution < 1.29 is 48.6 Å². The number of hydrogen-bond acceptors (Lipinski definition) is 21. The Morgan fingerprint density at radius 1 is 0.857 bits per heavy atom. The summed E-state index contributed by atoms with van der Waals surface area (Å²) in [5, 5.41) is 34.1. The number of carbonyl (C=O) groups excluding carboxylic acids is 8. The monoisotopic (exact) mass is 1190 g/mol. The highest BCUT2D eigenvalue weighted by atomic mass is 32.1. The van der Waals surface area contributed by atoms with Gasteiger partial charge in [-0.05, 0) is 88.4 Å². The van der Waals surface area contributed by atoms with E-state index in [1.54, 1.807) is 19.3 Å². The molecule has 3 unspecified atom stereocenters. The van der Waals surface area contributed by atoms with Crippen molar-refractivity contribution >= 4 is 95.1 Å². The molecule has 1 aliphatic heterocycles. The number of amides is 6. The lowest BCUT2D eigenvalue weighted by molar-refractivity contribution is -0.138. The van der Waals surface area contributed by atoms with Crippen molar-refractivity contribution in [1.82, 2.24) is 51.6 Å². The third-order valence-electron chi connectivity index (χ3n) is 11.2. The number of nitrogens with zero attached hydrogens (tertiary/aromatic N) is 6. The minimum absolute atomic E-state index is 0.00479. The number of hydrogen-bond donors (Lipinski definition) is 13. The molecule has 26 nitrogen and oxygen atoms in total. The summed E-state index contributed by atoms with van der Waals surface area (Å²) in [6.07, 6.45) is 12.9. The van der Waals surface area contributed by atoms with E-state index in [1.165, 1.54) is 67.8 Å². The van der Waals surface area contributed by atoms with E-state index < -0.39 is 35.1 Å². The first-order valence-corrected chi connectivity index (χ1v) is 28.8. The second-order valence-electron chi connectivity index (χ2n) is 17.8. The van der Waals surface area contributed by atoms with Crippen LogP contribution in [0.3, 0.4) is 0 Å². The number of carbonyl (C=O) groups is 8. The number of thiol groups is 1. The van der Waals surface area contributed by atoms with Crippen LogP contribution in [-0.2, 0) is 41.6 Å². The van der Waals surface area contributed by atoms with Crippen LogP contribution < -0.4 is 55.2 Å². The first-order valence-electron chi connectivity index (χ1n) is 28.3. The Kier molecular flexibility index (Phi) is 43.4. The third kappa shape index (κ3) is 29.4. The molecule has 0 bridgehead atoms. The van der Waals surface area contributed by atoms with Gasteiger partial charge in [0.15, 0.2) is 22.8 Å². The van der Waals surface area contributed by atoms with Gasteiger partial charge in [-0.25, -0.2) is 21.3 Å². The highest BCUT2D eigenvalue weighted by Crippen LogP contribution is 2.22. The van der Waals surface area contributed by atoms with Gasteiger partial charge in [0.1, 0.15) is 24.4 Å². The second-order valence-corrected chi connectivity index (χ2v) is 18.5. The number of aliphatic hydroxyl groups is 1. The summed E-state index contributed by atoms with van der Waals surface area (Å²) in [4.78, 5) is 113. The summed E-state index contributed by atoms with van der Waals surface area (Å²) in [5.74, 6) is 2.58. The van der Waals surface area contributed by atoms with Crippen LogP contribution in [0.1, 0.15) is 170 Å². The number of likely N-dealkylation sites (N-methyl/N-ethyl adjacent to an activating group) is 1. The van der Waals surface area contributed by atoms with Crippen molar-refractivity contribution in [2.75, 3.05) is 50.6 Å². The molecule has 4 aromatic rings. The van der Waals surface area contributed by atoms with Crippen molar-refractivity contribution in [2.24, 2.45) is 16.7 Å². The van der Waals surface area contributed by atoms with Gasteiger partial charge in [-0.2, -0.15) is 22.6 Å². The number of amidine groups is 1. The molecule has 27 heteroatoms. The van der Waals surface area contributed by atoms with Gasteiger partial charge >= 0.3 is 0 Å². The second kappa shape index (κ2) is 46.6. The number of rotatable bonds is 26. The van der Waals surface area contributed by atoms with E-state index in [0.29, 0.717) is 43.3 Å². The average molecular weight is 1200 g/mol. The van der Waals surface area contributed by atoms with Crippen LogP contribution in [0.2, 0.25) is 0 Å². The van der Waals surface area contributed by atoms with Gasteiger partial charge in [0, 0.05) is 44.3 Å². The highest BCUT2D eigenvalue weighted by Gasteiger charge is 2.35. The minimum atomic E-state index is -0.913. The molecular weight excluding hydrogens is 1100 g/mol. The molecule has 1 fully saturated rings. The molecule has 1 saturated heterocycles. The Morgan fingerprint density at radius 2 is 1.51 bits per heavy atom. The fourth-order valence-electron chi connectivity index (χ4n) is 7.20. The zero-order chi connectivity index (χ0) is 64.2. The van der Waals surface area contributed by atoms with Gasteiger partial charge in [-0.1, -0.05) is 93.6 Å². The number of anilines is 3. The number of phenols is 1. The molecule has 0 spiro atoms. The van der Waals surface area contributed by atoms with Crippen LogP contribution in [0.15, 0.2) is 47.7 Å². The fourth-order valence-corrected chi connectivity index (χ4v) is 7.49. The lowest BCUT2D eigenvalue weighted by atomic mass is 10.0. The first-order chi connectivity index (χ1) is 40.3.